The molecule has 2 saturated heterocycles. The molecule has 5 heteroatoms. The molecule has 0 radical (unpaired) electrons. The Hall–Kier alpha value is -0.200. The number of aliphatic hydroxyl groups is 2. The van der Waals surface area contributed by atoms with Gasteiger partial charge in [0, 0.05) is 0 Å². The highest BCUT2D eigenvalue weighted by Gasteiger charge is 2.53. The number of aliphatic hydroxyl groups excluding tert-OH is 2. The van der Waals surface area contributed by atoms with E-state index in [1.165, 1.54) is 0 Å². The molecule has 0 amide bonds. The van der Waals surface area contributed by atoms with Gasteiger partial charge in [-0.3, -0.25) is 5.32 Å². The molecule has 0 aromatic heterocycles. The first-order valence-corrected chi connectivity index (χ1v) is 4.44. The molecule has 0 spiro atoms. The second kappa shape index (κ2) is 2.90. The van der Waals surface area contributed by atoms with Crippen molar-refractivity contribution in [3.8, 4) is 0 Å². The van der Waals surface area contributed by atoms with Gasteiger partial charge in [-0.15, -0.1) is 0 Å². The quantitative estimate of drug-likeness (QED) is 0.483. The fourth-order valence-electron chi connectivity index (χ4n) is 1.94. The summed E-state index contributed by atoms with van der Waals surface area (Å²) in [5.41, 5.74) is 0. The SMILES string of the molecule is CC1(C)O[C@H]2[C@H](CO)NC(O)[C@H]2O1. The fourth-order valence-corrected chi connectivity index (χ4v) is 1.94. The van der Waals surface area contributed by atoms with Crippen molar-refractivity contribution >= 4 is 0 Å². The molecule has 2 fully saturated rings. The number of nitrogens with one attached hydrogen (secondary N) is 1. The van der Waals surface area contributed by atoms with E-state index in [9.17, 15) is 5.11 Å². The smallest absolute Gasteiger partial charge is 0.164 e. The van der Waals surface area contributed by atoms with Gasteiger partial charge in [-0.05, 0) is 13.8 Å². The van der Waals surface area contributed by atoms with Crippen LogP contribution in [0.2, 0.25) is 0 Å². The van der Waals surface area contributed by atoms with Crippen LogP contribution in [0.4, 0.5) is 0 Å². The Morgan fingerprint density at radius 3 is 2.54 bits per heavy atom. The molecule has 2 aliphatic heterocycles. The molecule has 1 unspecified atom stereocenters. The molecule has 13 heavy (non-hydrogen) atoms. The number of fused-ring (bicyclic) bond motifs is 1. The topological polar surface area (TPSA) is 71.0 Å². The summed E-state index contributed by atoms with van der Waals surface area (Å²) in [5.74, 6) is -0.661. The van der Waals surface area contributed by atoms with Crippen LogP contribution in [0.1, 0.15) is 13.8 Å². The number of hydrogen-bond donors (Lipinski definition) is 3. The summed E-state index contributed by atoms with van der Waals surface area (Å²) in [6.45, 7) is 3.54. The van der Waals surface area contributed by atoms with Crippen LogP contribution in [0.5, 0.6) is 0 Å². The number of hydrogen-bond acceptors (Lipinski definition) is 5. The van der Waals surface area contributed by atoms with Crippen molar-refractivity contribution in [3.63, 3.8) is 0 Å². The van der Waals surface area contributed by atoms with E-state index in [2.05, 4.69) is 5.32 Å². The van der Waals surface area contributed by atoms with Crippen molar-refractivity contribution in [2.75, 3.05) is 6.61 Å². The predicted molar refractivity (Wildman–Crippen MR) is 43.8 cm³/mol. The van der Waals surface area contributed by atoms with Crippen LogP contribution in [-0.4, -0.2) is 47.1 Å². The van der Waals surface area contributed by atoms with E-state index in [1.54, 1.807) is 13.8 Å². The minimum absolute atomic E-state index is 0.0579. The first-order chi connectivity index (χ1) is 6.03. The number of ether oxygens (including phenoxy) is 2. The van der Waals surface area contributed by atoms with E-state index in [0.717, 1.165) is 0 Å². The lowest BCUT2D eigenvalue weighted by Gasteiger charge is -2.22. The van der Waals surface area contributed by atoms with Gasteiger partial charge in [-0.25, -0.2) is 0 Å². The maximum atomic E-state index is 9.51. The molecule has 3 N–H and O–H groups in total. The molecule has 76 valence electrons. The highest BCUT2D eigenvalue weighted by Crippen LogP contribution is 2.34. The van der Waals surface area contributed by atoms with E-state index < -0.39 is 12.0 Å². The molecule has 0 aromatic rings. The van der Waals surface area contributed by atoms with E-state index in [4.69, 9.17) is 14.6 Å². The van der Waals surface area contributed by atoms with Crippen LogP contribution in [0, 0.1) is 0 Å². The molecule has 0 aromatic carbocycles. The summed E-state index contributed by atoms with van der Waals surface area (Å²) in [4.78, 5) is 0. The van der Waals surface area contributed by atoms with Crippen LogP contribution in [0.15, 0.2) is 0 Å². The highest BCUT2D eigenvalue weighted by atomic mass is 16.8. The molecular formula is C8H15NO4. The molecular weight excluding hydrogens is 174 g/mol. The Morgan fingerprint density at radius 1 is 1.31 bits per heavy atom. The molecule has 0 bridgehead atoms. The minimum atomic E-state index is -0.746. The third-order valence-corrected chi connectivity index (χ3v) is 2.45. The van der Waals surface area contributed by atoms with E-state index in [-0.39, 0.29) is 24.9 Å². The lowest BCUT2D eigenvalue weighted by molar-refractivity contribution is -0.167. The van der Waals surface area contributed by atoms with Gasteiger partial charge in [-0.1, -0.05) is 0 Å². The minimum Gasteiger partial charge on any atom is -0.395 e. The first kappa shape index (κ1) is 9.36. The zero-order valence-corrected chi connectivity index (χ0v) is 7.73. The van der Waals surface area contributed by atoms with Gasteiger partial charge in [0.2, 0.25) is 0 Å². The summed E-state index contributed by atoms with van der Waals surface area (Å²) in [5, 5.41) is 21.3. The van der Waals surface area contributed by atoms with Crippen molar-refractivity contribution in [2.45, 2.75) is 44.1 Å². The van der Waals surface area contributed by atoms with E-state index >= 15 is 0 Å². The Balaban J connectivity index is 2.12. The third-order valence-electron chi connectivity index (χ3n) is 2.45. The predicted octanol–water partition coefficient (Wildman–Crippen LogP) is -1.21. The van der Waals surface area contributed by atoms with Crippen LogP contribution >= 0.6 is 0 Å². The van der Waals surface area contributed by atoms with E-state index in [1.807, 2.05) is 0 Å². The van der Waals surface area contributed by atoms with Gasteiger partial charge >= 0.3 is 0 Å². The van der Waals surface area contributed by atoms with Crippen LogP contribution in [0.25, 0.3) is 0 Å². The van der Waals surface area contributed by atoms with Gasteiger partial charge in [0.25, 0.3) is 0 Å². The summed E-state index contributed by atoms with van der Waals surface area (Å²) < 4.78 is 11.0. The summed E-state index contributed by atoms with van der Waals surface area (Å²) in [6, 6.07) is -0.234. The van der Waals surface area contributed by atoms with Gasteiger partial charge in [0.05, 0.1) is 12.6 Å². The molecule has 0 saturated carbocycles. The molecule has 2 aliphatic rings. The Morgan fingerprint density at radius 2 is 1.92 bits per heavy atom. The third kappa shape index (κ3) is 1.47. The van der Waals surface area contributed by atoms with Gasteiger partial charge in [-0.2, -0.15) is 0 Å². The van der Waals surface area contributed by atoms with Crippen molar-refractivity contribution < 1.29 is 19.7 Å². The van der Waals surface area contributed by atoms with Gasteiger partial charge in [0.15, 0.2) is 5.79 Å². The Labute approximate surface area is 76.6 Å². The second-order valence-corrected chi connectivity index (χ2v) is 3.97. The van der Waals surface area contributed by atoms with Gasteiger partial charge in [0.1, 0.15) is 18.4 Å². The normalized spacial score (nSPS) is 48.0. The summed E-state index contributed by atoms with van der Waals surface area (Å²) >= 11 is 0. The molecule has 2 heterocycles. The Kier molecular flexibility index (Phi) is 2.08. The lowest BCUT2D eigenvalue weighted by Crippen LogP contribution is -2.40. The number of rotatable bonds is 1. The first-order valence-electron chi connectivity index (χ1n) is 4.44. The summed E-state index contributed by atoms with van der Waals surface area (Å²) in [6.07, 6.45) is -1.37. The molecule has 5 nitrogen and oxygen atoms in total. The molecule has 4 atom stereocenters. The lowest BCUT2D eigenvalue weighted by atomic mass is 10.1. The average Bonchev–Trinajstić information content (AvgIpc) is 2.47. The maximum absolute atomic E-state index is 9.51. The van der Waals surface area contributed by atoms with Crippen molar-refractivity contribution in [3.05, 3.63) is 0 Å². The maximum Gasteiger partial charge on any atom is 0.164 e. The van der Waals surface area contributed by atoms with E-state index in [0.29, 0.717) is 0 Å². The highest BCUT2D eigenvalue weighted by molar-refractivity contribution is 4.99. The second-order valence-electron chi connectivity index (χ2n) is 3.97. The van der Waals surface area contributed by atoms with Crippen molar-refractivity contribution in [2.24, 2.45) is 0 Å². The fraction of sp³-hybridized carbons (Fsp3) is 1.00. The zero-order chi connectivity index (χ0) is 9.64. The monoisotopic (exact) mass is 189 g/mol. The zero-order valence-electron chi connectivity index (χ0n) is 7.73. The standard InChI is InChI=1S/C8H15NO4/c1-8(2)12-5-4(3-10)9-7(11)6(5)13-8/h4-7,9-11H,3H2,1-2H3/t4-,5-,6-,7?/m0/s1. The summed E-state index contributed by atoms with van der Waals surface area (Å²) in [7, 11) is 0. The van der Waals surface area contributed by atoms with Crippen LogP contribution in [-0.2, 0) is 9.47 Å². The van der Waals surface area contributed by atoms with Gasteiger partial charge < -0.3 is 19.7 Å². The molecule has 2 rings (SSSR count). The Bertz CT molecular complexity index is 208. The van der Waals surface area contributed by atoms with Crippen LogP contribution in [0.3, 0.4) is 0 Å². The van der Waals surface area contributed by atoms with Crippen molar-refractivity contribution in [1.82, 2.24) is 5.32 Å². The average molecular weight is 189 g/mol. The molecule has 0 aliphatic carbocycles. The van der Waals surface area contributed by atoms with Crippen LogP contribution < -0.4 is 5.32 Å². The van der Waals surface area contributed by atoms with Crippen molar-refractivity contribution in [1.29, 1.82) is 0 Å². The largest absolute Gasteiger partial charge is 0.395 e.